The summed E-state index contributed by atoms with van der Waals surface area (Å²) in [6.07, 6.45) is 0. The summed E-state index contributed by atoms with van der Waals surface area (Å²) in [4.78, 5) is 15.9. The molecule has 2 aromatic heterocycles. The number of thiophene rings is 1. The fraction of sp³-hybridized carbons (Fsp3) is 0.143. The van der Waals surface area contributed by atoms with Crippen LogP contribution >= 0.6 is 22.7 Å². The van der Waals surface area contributed by atoms with Gasteiger partial charge in [-0.15, -0.1) is 22.7 Å². The molecule has 5 heteroatoms. The zero-order chi connectivity index (χ0) is 8.72. The topological polar surface area (TPSA) is 50.2 Å². The molecule has 0 radical (unpaired) electrons. The van der Waals surface area contributed by atoms with Crippen LogP contribution in [-0.2, 0) is 0 Å². The van der Waals surface area contributed by atoms with Crippen LogP contribution in [0, 0.1) is 6.92 Å². The first-order chi connectivity index (χ1) is 5.66. The molecule has 0 unspecified atom stereocenters. The van der Waals surface area contributed by atoms with E-state index in [-0.39, 0.29) is 0 Å². The second-order valence-electron chi connectivity index (χ2n) is 2.32. The van der Waals surface area contributed by atoms with Gasteiger partial charge in [0.1, 0.15) is 9.71 Å². The third-order valence-corrected chi connectivity index (χ3v) is 3.47. The first-order valence-electron chi connectivity index (χ1n) is 3.27. The van der Waals surface area contributed by atoms with E-state index in [1.54, 1.807) is 6.07 Å². The van der Waals surface area contributed by atoms with E-state index in [2.05, 4.69) is 4.98 Å². The molecule has 0 aliphatic heterocycles. The summed E-state index contributed by atoms with van der Waals surface area (Å²) in [6.45, 7) is 1.91. The molecule has 0 aliphatic rings. The average Bonchev–Trinajstić information content (AvgIpc) is 2.42. The molecular weight excluding hydrogens is 194 g/mol. The molecule has 2 aromatic rings. The minimum atomic E-state index is -0.872. The smallest absolute Gasteiger partial charge is 0.345 e. The van der Waals surface area contributed by atoms with Crippen LogP contribution in [-0.4, -0.2) is 16.1 Å². The predicted octanol–water partition coefficient (Wildman–Crippen LogP) is 2.36. The minimum Gasteiger partial charge on any atom is -0.477 e. The van der Waals surface area contributed by atoms with Gasteiger partial charge in [0.2, 0.25) is 0 Å². The Bertz CT molecular complexity index is 412. The third kappa shape index (κ3) is 1.11. The molecule has 0 saturated carbocycles. The van der Waals surface area contributed by atoms with Crippen LogP contribution in [0.3, 0.4) is 0 Å². The van der Waals surface area contributed by atoms with Gasteiger partial charge in [-0.3, -0.25) is 0 Å². The van der Waals surface area contributed by atoms with Crippen molar-refractivity contribution in [2.75, 3.05) is 0 Å². The van der Waals surface area contributed by atoms with Crippen LogP contribution in [0.1, 0.15) is 14.7 Å². The summed E-state index contributed by atoms with van der Waals surface area (Å²) >= 11 is 2.75. The number of hydrogen-bond donors (Lipinski definition) is 1. The summed E-state index contributed by atoms with van der Waals surface area (Å²) in [5, 5.41) is 9.64. The van der Waals surface area contributed by atoms with Gasteiger partial charge in [0.15, 0.2) is 0 Å². The molecule has 1 N–H and O–H groups in total. The Labute approximate surface area is 76.3 Å². The van der Waals surface area contributed by atoms with Crippen molar-refractivity contribution < 1.29 is 9.90 Å². The van der Waals surface area contributed by atoms with Crippen molar-refractivity contribution in [1.82, 2.24) is 4.98 Å². The largest absolute Gasteiger partial charge is 0.477 e. The van der Waals surface area contributed by atoms with Crippen molar-refractivity contribution in [3.8, 4) is 0 Å². The number of hydrogen-bond acceptors (Lipinski definition) is 4. The first-order valence-corrected chi connectivity index (χ1v) is 4.90. The highest BCUT2D eigenvalue weighted by atomic mass is 32.1. The van der Waals surface area contributed by atoms with Crippen molar-refractivity contribution in [1.29, 1.82) is 0 Å². The molecule has 2 rings (SSSR count). The van der Waals surface area contributed by atoms with E-state index in [1.807, 2.05) is 6.92 Å². The Kier molecular flexibility index (Phi) is 1.62. The van der Waals surface area contributed by atoms with Gasteiger partial charge in [0.25, 0.3) is 0 Å². The van der Waals surface area contributed by atoms with Crippen LogP contribution in [0.2, 0.25) is 0 Å². The third-order valence-electron chi connectivity index (χ3n) is 1.41. The van der Waals surface area contributed by atoms with Crippen molar-refractivity contribution in [3.63, 3.8) is 0 Å². The Morgan fingerprint density at radius 1 is 1.58 bits per heavy atom. The lowest BCUT2D eigenvalue weighted by molar-refractivity contribution is 0.0702. The van der Waals surface area contributed by atoms with Gasteiger partial charge in [-0.1, -0.05) is 0 Å². The summed E-state index contributed by atoms with van der Waals surface area (Å²) in [5.41, 5.74) is 0. The summed E-state index contributed by atoms with van der Waals surface area (Å²) < 4.78 is 0.968. The zero-order valence-corrected chi connectivity index (χ0v) is 7.83. The molecule has 0 aromatic carbocycles. The van der Waals surface area contributed by atoms with Crippen LogP contribution in [0.4, 0.5) is 0 Å². The number of carboxylic acid groups (broad SMARTS) is 1. The number of carbonyl (C=O) groups is 1. The molecule has 0 amide bonds. The van der Waals surface area contributed by atoms with Gasteiger partial charge in [-0.05, 0) is 13.0 Å². The maximum atomic E-state index is 10.5. The molecule has 0 saturated heterocycles. The molecule has 0 atom stereocenters. The van der Waals surface area contributed by atoms with Crippen molar-refractivity contribution in [2.45, 2.75) is 6.92 Å². The highest BCUT2D eigenvalue weighted by molar-refractivity contribution is 7.27. The second kappa shape index (κ2) is 2.53. The highest BCUT2D eigenvalue weighted by Crippen LogP contribution is 2.29. The summed E-state index contributed by atoms with van der Waals surface area (Å²) in [7, 11) is 0. The Hall–Kier alpha value is -0.940. The first kappa shape index (κ1) is 7.70. The number of thiazole rings is 1. The van der Waals surface area contributed by atoms with E-state index in [4.69, 9.17) is 5.11 Å². The number of nitrogens with zero attached hydrogens (tertiary/aromatic N) is 1. The lowest BCUT2D eigenvalue weighted by Crippen LogP contribution is -1.89. The lowest BCUT2D eigenvalue weighted by atomic mass is 10.5. The second-order valence-corrected chi connectivity index (χ2v) is 4.58. The SMILES string of the molecule is Cc1nc2sc(C(=O)O)cc2s1. The highest BCUT2D eigenvalue weighted by Gasteiger charge is 2.10. The monoisotopic (exact) mass is 199 g/mol. The molecule has 0 bridgehead atoms. The molecule has 3 nitrogen and oxygen atoms in total. The van der Waals surface area contributed by atoms with E-state index in [1.165, 1.54) is 22.7 Å². The number of carboxylic acids is 1. The zero-order valence-electron chi connectivity index (χ0n) is 6.20. The summed E-state index contributed by atoms with van der Waals surface area (Å²) in [5.74, 6) is -0.872. The lowest BCUT2D eigenvalue weighted by Gasteiger charge is -1.80. The summed E-state index contributed by atoms with van der Waals surface area (Å²) in [6, 6.07) is 1.67. The molecule has 0 fully saturated rings. The van der Waals surface area contributed by atoms with Gasteiger partial charge in [-0.2, -0.15) is 0 Å². The van der Waals surface area contributed by atoms with Crippen molar-refractivity contribution >= 4 is 38.2 Å². The maximum absolute atomic E-state index is 10.5. The van der Waals surface area contributed by atoms with Gasteiger partial charge in [0.05, 0.1) is 9.71 Å². The van der Waals surface area contributed by atoms with E-state index in [0.29, 0.717) is 4.88 Å². The Morgan fingerprint density at radius 2 is 2.33 bits per heavy atom. The van der Waals surface area contributed by atoms with Gasteiger partial charge >= 0.3 is 5.97 Å². The maximum Gasteiger partial charge on any atom is 0.345 e. The van der Waals surface area contributed by atoms with E-state index in [0.717, 1.165) is 14.5 Å². The molecule has 0 spiro atoms. The average molecular weight is 199 g/mol. The Morgan fingerprint density at radius 3 is 2.92 bits per heavy atom. The number of fused-ring (bicyclic) bond motifs is 1. The minimum absolute atomic E-state index is 0.365. The molecular formula is C7H5NO2S2. The Balaban J connectivity index is 2.64. The van der Waals surface area contributed by atoms with Crippen LogP contribution in [0.5, 0.6) is 0 Å². The van der Waals surface area contributed by atoms with Gasteiger partial charge in [-0.25, -0.2) is 9.78 Å². The number of rotatable bonds is 1. The molecule has 0 aliphatic carbocycles. The molecule has 2 heterocycles. The number of aryl methyl sites for hydroxylation is 1. The van der Waals surface area contributed by atoms with E-state index in [9.17, 15) is 4.79 Å². The predicted molar refractivity (Wildman–Crippen MR) is 49.2 cm³/mol. The van der Waals surface area contributed by atoms with E-state index < -0.39 is 5.97 Å². The normalized spacial score (nSPS) is 10.8. The van der Waals surface area contributed by atoms with Crippen LogP contribution < -0.4 is 0 Å². The molecule has 12 heavy (non-hydrogen) atoms. The van der Waals surface area contributed by atoms with Crippen molar-refractivity contribution in [2.24, 2.45) is 0 Å². The quantitative estimate of drug-likeness (QED) is 0.767. The fourth-order valence-electron chi connectivity index (χ4n) is 0.946. The van der Waals surface area contributed by atoms with Crippen molar-refractivity contribution in [3.05, 3.63) is 16.0 Å². The van der Waals surface area contributed by atoms with E-state index >= 15 is 0 Å². The standard InChI is InChI=1S/C7H5NO2S2/c1-3-8-6-4(11-3)2-5(12-6)7(9)10/h2H,1H3,(H,9,10). The van der Waals surface area contributed by atoms with Crippen LogP contribution in [0.15, 0.2) is 6.07 Å². The number of aromatic nitrogens is 1. The molecule has 62 valence electrons. The van der Waals surface area contributed by atoms with Gasteiger partial charge in [0, 0.05) is 0 Å². The van der Waals surface area contributed by atoms with Crippen LogP contribution in [0.25, 0.3) is 9.53 Å². The fourth-order valence-corrected chi connectivity index (χ4v) is 2.91. The van der Waals surface area contributed by atoms with Gasteiger partial charge < -0.3 is 5.11 Å². The number of aromatic carboxylic acids is 1.